The Bertz CT molecular complexity index is 99.0. The average molecular weight is 221 g/mol. The maximum atomic E-state index is 3.60. The lowest BCUT2D eigenvalue weighted by molar-refractivity contribution is 0.232. The zero-order chi connectivity index (χ0) is 8.91. The van der Waals surface area contributed by atoms with Crippen LogP contribution in [0.1, 0.15) is 47.0 Å². The first-order valence-electron chi connectivity index (χ1n) is 4.62. The minimum Gasteiger partial charge on any atom is -0.0922 e. The van der Waals surface area contributed by atoms with Gasteiger partial charge in [-0.2, -0.15) is 0 Å². The van der Waals surface area contributed by atoms with Crippen molar-refractivity contribution in [2.75, 3.05) is 5.33 Å². The van der Waals surface area contributed by atoms with Gasteiger partial charge in [0.05, 0.1) is 0 Å². The van der Waals surface area contributed by atoms with Crippen molar-refractivity contribution < 1.29 is 0 Å². The Labute approximate surface area is 79.9 Å². The molecule has 1 heteroatoms. The highest BCUT2D eigenvalue weighted by Gasteiger charge is 2.25. The highest BCUT2D eigenvalue weighted by Crippen LogP contribution is 2.34. The van der Waals surface area contributed by atoms with Gasteiger partial charge < -0.3 is 0 Å². The van der Waals surface area contributed by atoms with Gasteiger partial charge in [0, 0.05) is 5.33 Å². The van der Waals surface area contributed by atoms with Crippen molar-refractivity contribution in [3.05, 3.63) is 0 Å². The number of rotatable bonds is 5. The number of hydrogen-bond acceptors (Lipinski definition) is 0. The molecule has 0 radical (unpaired) electrons. The van der Waals surface area contributed by atoms with Crippen molar-refractivity contribution in [2.24, 2.45) is 11.3 Å². The summed E-state index contributed by atoms with van der Waals surface area (Å²) in [5.41, 5.74) is 0.510. The summed E-state index contributed by atoms with van der Waals surface area (Å²) in [4.78, 5) is 0. The number of halogens is 1. The third kappa shape index (κ3) is 3.59. The van der Waals surface area contributed by atoms with E-state index in [1.54, 1.807) is 0 Å². The van der Waals surface area contributed by atoms with E-state index in [0.29, 0.717) is 5.41 Å². The van der Waals surface area contributed by atoms with Crippen LogP contribution in [0, 0.1) is 11.3 Å². The van der Waals surface area contributed by atoms with Crippen LogP contribution >= 0.6 is 15.9 Å². The zero-order valence-electron chi connectivity index (χ0n) is 8.28. The quantitative estimate of drug-likeness (QED) is 0.609. The summed E-state index contributed by atoms with van der Waals surface area (Å²) in [7, 11) is 0. The van der Waals surface area contributed by atoms with Gasteiger partial charge in [0.1, 0.15) is 0 Å². The van der Waals surface area contributed by atoms with E-state index in [-0.39, 0.29) is 0 Å². The van der Waals surface area contributed by atoms with E-state index in [2.05, 4.69) is 43.6 Å². The van der Waals surface area contributed by atoms with E-state index in [1.165, 1.54) is 19.3 Å². The highest BCUT2D eigenvalue weighted by molar-refractivity contribution is 9.09. The van der Waals surface area contributed by atoms with Crippen molar-refractivity contribution in [2.45, 2.75) is 47.0 Å². The van der Waals surface area contributed by atoms with Gasteiger partial charge in [-0.25, -0.2) is 0 Å². The molecule has 0 aliphatic carbocycles. The molecule has 1 atom stereocenters. The van der Waals surface area contributed by atoms with Crippen molar-refractivity contribution in [1.29, 1.82) is 0 Å². The highest BCUT2D eigenvalue weighted by atomic mass is 79.9. The van der Waals surface area contributed by atoms with Crippen LogP contribution in [0.15, 0.2) is 0 Å². The zero-order valence-corrected chi connectivity index (χ0v) is 9.87. The second-order valence-corrected chi connectivity index (χ2v) is 4.61. The predicted octanol–water partition coefficient (Wildman–Crippen LogP) is 4.23. The summed E-state index contributed by atoms with van der Waals surface area (Å²) < 4.78 is 0. The smallest absolute Gasteiger partial charge is 0.00877 e. The lowest BCUT2D eigenvalue weighted by Crippen LogP contribution is -2.25. The Morgan fingerprint density at radius 3 is 2.18 bits per heavy atom. The predicted molar refractivity (Wildman–Crippen MR) is 56.3 cm³/mol. The Hall–Kier alpha value is 0.480. The van der Waals surface area contributed by atoms with E-state index in [1.807, 2.05) is 0 Å². The van der Waals surface area contributed by atoms with Gasteiger partial charge >= 0.3 is 0 Å². The van der Waals surface area contributed by atoms with Gasteiger partial charge in [-0.1, -0.05) is 56.5 Å². The molecule has 0 aromatic heterocycles. The molecule has 0 heterocycles. The van der Waals surface area contributed by atoms with E-state index >= 15 is 0 Å². The monoisotopic (exact) mass is 220 g/mol. The van der Waals surface area contributed by atoms with Crippen molar-refractivity contribution in [3.8, 4) is 0 Å². The Morgan fingerprint density at radius 1 is 1.36 bits per heavy atom. The molecule has 0 aliphatic heterocycles. The van der Waals surface area contributed by atoms with Crippen LogP contribution in [0.25, 0.3) is 0 Å². The van der Waals surface area contributed by atoms with Crippen LogP contribution in [0.3, 0.4) is 0 Å². The van der Waals surface area contributed by atoms with Gasteiger partial charge in [-0.05, 0) is 17.8 Å². The summed E-state index contributed by atoms with van der Waals surface area (Å²) in [6.45, 7) is 9.27. The molecule has 0 nitrogen and oxygen atoms in total. The van der Waals surface area contributed by atoms with Crippen LogP contribution in [0.2, 0.25) is 0 Å². The third-order valence-corrected chi connectivity index (χ3v) is 4.08. The normalized spacial score (nSPS) is 16.9. The van der Waals surface area contributed by atoms with Crippen LogP contribution in [-0.2, 0) is 0 Å². The Balaban J connectivity index is 3.88. The summed E-state index contributed by atoms with van der Waals surface area (Å²) in [5.74, 6) is 0.786. The second-order valence-electron chi connectivity index (χ2n) is 4.05. The first-order valence-corrected chi connectivity index (χ1v) is 5.75. The molecule has 0 saturated carbocycles. The fourth-order valence-corrected chi connectivity index (χ4v) is 2.02. The van der Waals surface area contributed by atoms with E-state index in [9.17, 15) is 0 Å². The number of hydrogen-bond donors (Lipinski definition) is 0. The molecule has 0 aromatic carbocycles. The van der Waals surface area contributed by atoms with Gasteiger partial charge in [0.15, 0.2) is 0 Å². The molecular formula is C10H21Br. The first-order chi connectivity index (χ1) is 5.06. The summed E-state index contributed by atoms with van der Waals surface area (Å²) in [6.07, 6.45) is 4.03. The van der Waals surface area contributed by atoms with Crippen LogP contribution in [0.4, 0.5) is 0 Å². The SMILES string of the molecule is CCCCC(C)(CBr)C(C)C. The Kier molecular flexibility index (Phi) is 5.41. The van der Waals surface area contributed by atoms with Crippen molar-refractivity contribution in [1.82, 2.24) is 0 Å². The van der Waals surface area contributed by atoms with Gasteiger partial charge in [0.25, 0.3) is 0 Å². The molecule has 0 bridgehead atoms. The van der Waals surface area contributed by atoms with Gasteiger partial charge in [0.2, 0.25) is 0 Å². The lowest BCUT2D eigenvalue weighted by Gasteiger charge is -2.31. The molecule has 0 amide bonds. The molecule has 0 spiro atoms. The molecule has 0 fully saturated rings. The average Bonchev–Trinajstić information content (AvgIpc) is 2.00. The minimum atomic E-state index is 0.510. The number of unbranched alkanes of at least 4 members (excludes halogenated alkanes) is 1. The summed E-state index contributed by atoms with van der Waals surface area (Å²) in [6, 6.07) is 0. The Morgan fingerprint density at radius 2 is 1.91 bits per heavy atom. The molecule has 68 valence electrons. The van der Waals surface area contributed by atoms with Crippen LogP contribution in [0.5, 0.6) is 0 Å². The first kappa shape index (κ1) is 11.5. The van der Waals surface area contributed by atoms with Crippen molar-refractivity contribution in [3.63, 3.8) is 0 Å². The summed E-state index contributed by atoms with van der Waals surface area (Å²) in [5, 5.41) is 1.14. The molecule has 11 heavy (non-hydrogen) atoms. The molecule has 0 saturated heterocycles. The molecule has 0 aliphatic rings. The fraction of sp³-hybridized carbons (Fsp3) is 1.00. The molecule has 0 N–H and O–H groups in total. The van der Waals surface area contributed by atoms with E-state index < -0.39 is 0 Å². The maximum Gasteiger partial charge on any atom is 0.00877 e. The molecular weight excluding hydrogens is 200 g/mol. The van der Waals surface area contributed by atoms with E-state index in [4.69, 9.17) is 0 Å². The van der Waals surface area contributed by atoms with Gasteiger partial charge in [-0.3, -0.25) is 0 Å². The summed E-state index contributed by atoms with van der Waals surface area (Å²) >= 11 is 3.60. The van der Waals surface area contributed by atoms with Crippen molar-refractivity contribution >= 4 is 15.9 Å². The lowest BCUT2D eigenvalue weighted by atomic mass is 9.77. The minimum absolute atomic E-state index is 0.510. The largest absolute Gasteiger partial charge is 0.0922 e. The van der Waals surface area contributed by atoms with Crippen LogP contribution < -0.4 is 0 Å². The molecule has 0 rings (SSSR count). The molecule has 0 aromatic rings. The van der Waals surface area contributed by atoms with Gasteiger partial charge in [-0.15, -0.1) is 0 Å². The standard InChI is InChI=1S/C10H21Br/c1-5-6-7-10(4,8-11)9(2)3/h9H,5-8H2,1-4H3. The maximum absolute atomic E-state index is 3.60. The second kappa shape index (κ2) is 5.18. The fourth-order valence-electron chi connectivity index (χ4n) is 1.09. The van der Waals surface area contributed by atoms with E-state index in [0.717, 1.165) is 11.2 Å². The third-order valence-electron chi connectivity index (χ3n) is 2.80. The topological polar surface area (TPSA) is 0 Å². The molecule has 1 unspecified atom stereocenters. The van der Waals surface area contributed by atoms with Crippen LogP contribution in [-0.4, -0.2) is 5.33 Å². The number of alkyl halides is 1.